The predicted molar refractivity (Wildman–Crippen MR) is 72.1 cm³/mol. The minimum atomic E-state index is -0.315. The fourth-order valence-electron chi connectivity index (χ4n) is 1.80. The number of carbonyl (C=O) groups is 2. The van der Waals surface area contributed by atoms with Gasteiger partial charge in [-0.3, -0.25) is 4.79 Å². The number of hydrogen-bond acceptors (Lipinski definition) is 2. The zero-order valence-electron chi connectivity index (χ0n) is 12.3. The lowest BCUT2D eigenvalue weighted by Gasteiger charge is -2.32. The van der Waals surface area contributed by atoms with E-state index in [1.807, 2.05) is 34.6 Å². The molecule has 0 aliphatic rings. The highest BCUT2D eigenvalue weighted by molar-refractivity contribution is 5.87. The van der Waals surface area contributed by atoms with Gasteiger partial charge in [0.25, 0.3) is 0 Å². The molecule has 0 saturated heterocycles. The monoisotopic (exact) mass is 244 g/mol. The first-order chi connectivity index (χ1) is 7.95. The zero-order valence-corrected chi connectivity index (χ0v) is 12.3. The third-order valence-electron chi connectivity index (χ3n) is 2.32. The molecule has 0 aliphatic heterocycles. The van der Waals surface area contributed by atoms with Gasteiger partial charge < -0.3 is 10.2 Å². The number of hydrogen-bond donors (Lipinski definition) is 1. The molecular formula is C13H28N2O2. The maximum atomic E-state index is 11.6. The van der Waals surface area contributed by atoms with Crippen molar-refractivity contribution >= 4 is 11.8 Å². The van der Waals surface area contributed by atoms with Crippen molar-refractivity contribution in [2.75, 3.05) is 13.6 Å². The third-order valence-corrected chi connectivity index (χ3v) is 2.32. The van der Waals surface area contributed by atoms with Crippen LogP contribution in [-0.4, -0.2) is 36.3 Å². The summed E-state index contributed by atoms with van der Waals surface area (Å²) in [6.07, 6.45) is 0.851. The second-order valence-electron chi connectivity index (χ2n) is 4.05. The van der Waals surface area contributed by atoms with Crippen molar-refractivity contribution in [3.05, 3.63) is 0 Å². The van der Waals surface area contributed by atoms with Crippen molar-refractivity contribution in [3.8, 4) is 0 Å². The molecule has 0 rings (SSSR count). The van der Waals surface area contributed by atoms with Gasteiger partial charge in [0.1, 0.15) is 0 Å². The van der Waals surface area contributed by atoms with Crippen LogP contribution in [0.3, 0.4) is 0 Å². The fourth-order valence-corrected chi connectivity index (χ4v) is 1.80. The standard InChI is InChI=1S/C11H22N2O2.C2H6/c1-6-7-13(11(15)12-5)10(8(2)3)9(4)14;1-2/h8,10H,6-7H2,1-5H3,(H,12,15);1-2H3. The number of nitrogens with one attached hydrogen (secondary N) is 1. The van der Waals surface area contributed by atoms with E-state index in [-0.39, 0.29) is 23.8 Å². The van der Waals surface area contributed by atoms with Crippen molar-refractivity contribution in [2.45, 2.75) is 54.0 Å². The van der Waals surface area contributed by atoms with Gasteiger partial charge in [-0.25, -0.2) is 4.79 Å². The van der Waals surface area contributed by atoms with Crippen LogP contribution in [0.4, 0.5) is 4.79 Å². The summed E-state index contributed by atoms with van der Waals surface area (Å²) >= 11 is 0. The Labute approximate surface area is 106 Å². The van der Waals surface area contributed by atoms with Gasteiger partial charge in [-0.05, 0) is 19.3 Å². The highest BCUT2D eigenvalue weighted by Gasteiger charge is 2.28. The molecule has 1 N–H and O–H groups in total. The summed E-state index contributed by atoms with van der Waals surface area (Å²) in [5.74, 6) is 0.188. The number of carbonyl (C=O) groups excluding carboxylic acids is 2. The molecule has 2 amide bonds. The van der Waals surface area contributed by atoms with Crippen molar-refractivity contribution in [2.24, 2.45) is 5.92 Å². The maximum Gasteiger partial charge on any atom is 0.317 e. The van der Waals surface area contributed by atoms with E-state index in [1.54, 1.807) is 11.9 Å². The Balaban J connectivity index is 0. The summed E-state index contributed by atoms with van der Waals surface area (Å²) in [6, 6.07) is -0.490. The lowest BCUT2D eigenvalue weighted by Crippen LogP contribution is -2.50. The van der Waals surface area contributed by atoms with Crippen LogP contribution in [0.1, 0.15) is 48.0 Å². The quantitative estimate of drug-likeness (QED) is 0.808. The summed E-state index contributed by atoms with van der Waals surface area (Å²) in [4.78, 5) is 24.7. The summed E-state index contributed by atoms with van der Waals surface area (Å²) in [6.45, 7) is 12.1. The number of Topliss-reactive ketones (excluding diaryl/α,β-unsaturated/α-hetero) is 1. The molecule has 0 aliphatic carbocycles. The van der Waals surface area contributed by atoms with E-state index >= 15 is 0 Å². The maximum absolute atomic E-state index is 11.6. The van der Waals surface area contributed by atoms with Crippen molar-refractivity contribution in [1.82, 2.24) is 10.2 Å². The van der Waals surface area contributed by atoms with Crippen LogP contribution in [0.2, 0.25) is 0 Å². The number of nitrogens with zero attached hydrogens (tertiary/aromatic N) is 1. The average molecular weight is 244 g/mol. The van der Waals surface area contributed by atoms with Crippen molar-refractivity contribution in [3.63, 3.8) is 0 Å². The smallest absolute Gasteiger partial charge is 0.317 e. The molecule has 0 bridgehead atoms. The molecule has 1 unspecified atom stereocenters. The van der Waals surface area contributed by atoms with Gasteiger partial charge in [-0.1, -0.05) is 34.6 Å². The largest absolute Gasteiger partial charge is 0.341 e. The van der Waals surface area contributed by atoms with Crippen molar-refractivity contribution in [1.29, 1.82) is 0 Å². The average Bonchev–Trinajstić information content (AvgIpc) is 2.29. The van der Waals surface area contributed by atoms with Gasteiger partial charge in [0.05, 0.1) is 6.04 Å². The molecule has 0 radical (unpaired) electrons. The normalized spacial score (nSPS) is 11.3. The Morgan fingerprint density at radius 1 is 1.24 bits per heavy atom. The lowest BCUT2D eigenvalue weighted by molar-refractivity contribution is -0.122. The molecule has 0 fully saturated rings. The van der Waals surface area contributed by atoms with Crippen LogP contribution in [0.25, 0.3) is 0 Å². The Kier molecular flexibility index (Phi) is 10.9. The van der Waals surface area contributed by atoms with E-state index in [4.69, 9.17) is 0 Å². The molecule has 0 heterocycles. The van der Waals surface area contributed by atoms with Crippen LogP contribution in [-0.2, 0) is 4.79 Å². The van der Waals surface area contributed by atoms with Crippen molar-refractivity contribution < 1.29 is 9.59 Å². The Hall–Kier alpha value is -1.06. The molecule has 4 nitrogen and oxygen atoms in total. The Morgan fingerprint density at radius 2 is 1.71 bits per heavy atom. The molecule has 4 heteroatoms. The second kappa shape index (κ2) is 10.1. The summed E-state index contributed by atoms with van der Waals surface area (Å²) in [5.41, 5.74) is 0. The van der Waals surface area contributed by atoms with E-state index in [2.05, 4.69) is 5.32 Å². The van der Waals surface area contributed by atoms with Gasteiger partial charge in [0.15, 0.2) is 5.78 Å². The number of ketones is 1. The van der Waals surface area contributed by atoms with Gasteiger partial charge in [-0.15, -0.1) is 0 Å². The topological polar surface area (TPSA) is 49.4 Å². The SMILES string of the molecule is CC.CCCN(C(=O)NC)C(C(C)=O)C(C)C. The first kappa shape index (κ1) is 18.3. The molecule has 1 atom stereocenters. The van der Waals surface area contributed by atoms with Gasteiger partial charge in [0, 0.05) is 13.6 Å². The molecule has 102 valence electrons. The summed E-state index contributed by atoms with van der Waals surface area (Å²) in [7, 11) is 1.59. The summed E-state index contributed by atoms with van der Waals surface area (Å²) in [5, 5.41) is 2.57. The molecule has 0 aromatic carbocycles. The first-order valence-electron chi connectivity index (χ1n) is 6.44. The minimum absolute atomic E-state index is 0.0436. The minimum Gasteiger partial charge on any atom is -0.341 e. The summed E-state index contributed by atoms with van der Waals surface area (Å²) < 4.78 is 0. The Morgan fingerprint density at radius 3 is 1.94 bits per heavy atom. The van der Waals surface area contributed by atoms with E-state index in [9.17, 15) is 9.59 Å². The highest BCUT2D eigenvalue weighted by atomic mass is 16.2. The second-order valence-corrected chi connectivity index (χ2v) is 4.05. The molecule has 17 heavy (non-hydrogen) atoms. The molecule has 0 spiro atoms. The molecule has 0 aromatic heterocycles. The molecule has 0 aromatic rings. The third kappa shape index (κ3) is 6.29. The van der Waals surface area contributed by atoms with Gasteiger partial charge in [-0.2, -0.15) is 0 Å². The van der Waals surface area contributed by atoms with Gasteiger partial charge in [0.2, 0.25) is 0 Å². The van der Waals surface area contributed by atoms with Crippen LogP contribution < -0.4 is 5.32 Å². The molecule has 0 saturated carbocycles. The van der Waals surface area contributed by atoms with E-state index in [0.29, 0.717) is 6.54 Å². The number of urea groups is 1. The van der Waals surface area contributed by atoms with Crippen LogP contribution in [0.5, 0.6) is 0 Å². The van der Waals surface area contributed by atoms with E-state index < -0.39 is 0 Å². The van der Waals surface area contributed by atoms with E-state index in [1.165, 1.54) is 6.92 Å². The highest BCUT2D eigenvalue weighted by Crippen LogP contribution is 2.12. The molecular weight excluding hydrogens is 216 g/mol. The zero-order chi connectivity index (χ0) is 14.0. The van der Waals surface area contributed by atoms with Crippen LogP contribution in [0, 0.1) is 5.92 Å². The van der Waals surface area contributed by atoms with Crippen LogP contribution in [0.15, 0.2) is 0 Å². The Bertz CT molecular complexity index is 227. The van der Waals surface area contributed by atoms with E-state index in [0.717, 1.165) is 6.42 Å². The first-order valence-corrected chi connectivity index (χ1v) is 6.44. The number of rotatable bonds is 5. The van der Waals surface area contributed by atoms with Crippen LogP contribution >= 0.6 is 0 Å². The number of amides is 2. The van der Waals surface area contributed by atoms with Gasteiger partial charge >= 0.3 is 6.03 Å². The fraction of sp³-hybridized carbons (Fsp3) is 0.846. The lowest BCUT2D eigenvalue weighted by atomic mass is 9.99. The predicted octanol–water partition coefficient (Wildman–Crippen LogP) is 2.68.